The van der Waals surface area contributed by atoms with Gasteiger partial charge in [-0.15, -0.1) is 0 Å². The summed E-state index contributed by atoms with van der Waals surface area (Å²) in [4.78, 5) is 12.2. The van der Waals surface area contributed by atoms with Gasteiger partial charge in [0.2, 0.25) is 0 Å². The van der Waals surface area contributed by atoms with Crippen molar-refractivity contribution in [3.05, 3.63) is 11.6 Å². The summed E-state index contributed by atoms with van der Waals surface area (Å²) >= 11 is 0. The average molecular weight is 415 g/mol. The highest BCUT2D eigenvalue weighted by Gasteiger charge is 2.59. The van der Waals surface area contributed by atoms with Crippen molar-refractivity contribution >= 4 is 5.97 Å². The molecule has 0 aromatic heterocycles. The fourth-order valence-corrected chi connectivity index (χ4v) is 9.01. The number of hydrogen-bond acceptors (Lipinski definition) is 1. The first-order chi connectivity index (χ1) is 14.2. The molecule has 0 aromatic carbocycles. The first-order valence-corrected chi connectivity index (χ1v) is 13.1. The van der Waals surface area contributed by atoms with Crippen molar-refractivity contribution < 1.29 is 9.90 Å². The van der Waals surface area contributed by atoms with Crippen LogP contribution in [0.1, 0.15) is 105 Å². The van der Waals surface area contributed by atoms with Crippen molar-refractivity contribution in [3.63, 3.8) is 0 Å². The van der Waals surface area contributed by atoms with Gasteiger partial charge in [0, 0.05) is 0 Å². The largest absolute Gasteiger partial charge is 0.481 e. The van der Waals surface area contributed by atoms with Crippen molar-refractivity contribution in [1.29, 1.82) is 0 Å². The van der Waals surface area contributed by atoms with Crippen LogP contribution in [0.2, 0.25) is 0 Å². The van der Waals surface area contributed by atoms with Crippen molar-refractivity contribution in [2.45, 2.75) is 105 Å². The van der Waals surface area contributed by atoms with E-state index >= 15 is 0 Å². The number of rotatable bonds is 6. The third-order valence-electron chi connectivity index (χ3n) is 10.7. The van der Waals surface area contributed by atoms with Crippen LogP contribution in [-0.4, -0.2) is 11.1 Å². The lowest BCUT2D eigenvalue weighted by molar-refractivity contribution is -0.146. The third-order valence-corrected chi connectivity index (χ3v) is 10.7. The number of fused-ring (bicyclic) bond motifs is 5. The highest BCUT2D eigenvalue weighted by atomic mass is 16.4. The van der Waals surface area contributed by atoms with Crippen LogP contribution in [0.4, 0.5) is 0 Å². The molecule has 2 nitrogen and oxygen atoms in total. The predicted octanol–water partition coefficient (Wildman–Crippen LogP) is 7.73. The summed E-state index contributed by atoms with van der Waals surface area (Å²) in [5.41, 5.74) is 2.61. The van der Waals surface area contributed by atoms with Gasteiger partial charge >= 0.3 is 5.97 Å². The lowest BCUT2D eigenvalue weighted by atomic mass is 9.47. The molecular weight excluding hydrogens is 368 g/mol. The molecule has 0 aliphatic heterocycles. The van der Waals surface area contributed by atoms with Gasteiger partial charge in [-0.2, -0.15) is 0 Å². The molecule has 0 amide bonds. The molecule has 0 radical (unpaired) electrons. The standard InChI is InChI=1S/C28H46O2/c1-18(2)9-11-21(26(29)30)19(3)23-13-14-24-22-12-10-20-8-6-7-16-27(20,4)25(22)15-17-28(23,24)5/h10,18-19,21-25H,6-9,11-17H2,1-5H3,(H,29,30)/t19-,21?,22+,23-,24+,25+,27+,28-/m1/s1. The summed E-state index contributed by atoms with van der Waals surface area (Å²) in [5.74, 6) is 3.27. The Hall–Kier alpha value is -0.790. The maximum absolute atomic E-state index is 12.2. The van der Waals surface area contributed by atoms with Gasteiger partial charge in [-0.05, 0) is 104 Å². The molecule has 2 heteroatoms. The smallest absolute Gasteiger partial charge is 0.306 e. The Morgan fingerprint density at radius 1 is 1.07 bits per heavy atom. The van der Waals surface area contributed by atoms with E-state index in [1.807, 2.05) is 0 Å². The summed E-state index contributed by atoms with van der Waals surface area (Å²) in [6.07, 6.45) is 16.7. The van der Waals surface area contributed by atoms with Crippen LogP contribution in [0, 0.1) is 52.3 Å². The number of carboxylic acid groups (broad SMARTS) is 1. The zero-order valence-corrected chi connectivity index (χ0v) is 20.3. The second kappa shape index (κ2) is 8.28. The highest BCUT2D eigenvalue weighted by molar-refractivity contribution is 5.70. The molecule has 0 bridgehead atoms. The zero-order chi connectivity index (χ0) is 21.7. The highest BCUT2D eigenvalue weighted by Crippen LogP contribution is 2.67. The fraction of sp³-hybridized carbons (Fsp3) is 0.893. The van der Waals surface area contributed by atoms with E-state index in [4.69, 9.17) is 0 Å². The average Bonchev–Trinajstić information content (AvgIpc) is 3.04. The van der Waals surface area contributed by atoms with Crippen molar-refractivity contribution in [3.8, 4) is 0 Å². The van der Waals surface area contributed by atoms with Crippen molar-refractivity contribution in [1.82, 2.24) is 0 Å². The molecule has 1 N–H and O–H groups in total. The molecular formula is C28H46O2. The predicted molar refractivity (Wildman–Crippen MR) is 124 cm³/mol. The molecule has 170 valence electrons. The Labute approximate surface area is 185 Å². The lowest BCUT2D eigenvalue weighted by Crippen LogP contribution is -2.50. The van der Waals surface area contributed by atoms with Crippen LogP contribution in [0.3, 0.4) is 0 Å². The van der Waals surface area contributed by atoms with Gasteiger partial charge in [0.05, 0.1) is 5.92 Å². The second-order valence-corrected chi connectivity index (χ2v) is 12.5. The van der Waals surface area contributed by atoms with E-state index in [0.717, 1.165) is 30.6 Å². The summed E-state index contributed by atoms with van der Waals surface area (Å²) in [6, 6.07) is 0. The quantitative estimate of drug-likeness (QED) is 0.451. The monoisotopic (exact) mass is 414 g/mol. The van der Waals surface area contributed by atoms with E-state index in [1.165, 1.54) is 57.8 Å². The van der Waals surface area contributed by atoms with Crippen LogP contribution < -0.4 is 0 Å². The Morgan fingerprint density at radius 3 is 2.53 bits per heavy atom. The van der Waals surface area contributed by atoms with Crippen LogP contribution in [0.5, 0.6) is 0 Å². The molecule has 30 heavy (non-hydrogen) atoms. The Morgan fingerprint density at radius 2 is 1.83 bits per heavy atom. The topological polar surface area (TPSA) is 37.3 Å². The van der Waals surface area contributed by atoms with Gasteiger partial charge in [-0.25, -0.2) is 0 Å². The number of aliphatic carboxylic acids is 1. The molecule has 1 unspecified atom stereocenters. The minimum absolute atomic E-state index is 0.167. The molecule has 4 aliphatic carbocycles. The fourth-order valence-electron chi connectivity index (χ4n) is 9.01. The first-order valence-electron chi connectivity index (χ1n) is 13.1. The lowest BCUT2D eigenvalue weighted by Gasteiger charge is -2.58. The molecule has 3 fully saturated rings. The minimum Gasteiger partial charge on any atom is -0.481 e. The Kier molecular flexibility index (Phi) is 6.19. The van der Waals surface area contributed by atoms with Crippen LogP contribution >= 0.6 is 0 Å². The number of carboxylic acids is 1. The van der Waals surface area contributed by atoms with Gasteiger partial charge in [0.15, 0.2) is 0 Å². The molecule has 3 saturated carbocycles. The van der Waals surface area contributed by atoms with Crippen LogP contribution in [-0.2, 0) is 4.79 Å². The van der Waals surface area contributed by atoms with E-state index in [2.05, 4.69) is 40.7 Å². The van der Waals surface area contributed by atoms with Crippen molar-refractivity contribution in [2.24, 2.45) is 52.3 Å². The van der Waals surface area contributed by atoms with E-state index in [9.17, 15) is 9.90 Å². The maximum atomic E-state index is 12.2. The minimum atomic E-state index is -0.552. The molecule has 0 saturated heterocycles. The van der Waals surface area contributed by atoms with Gasteiger partial charge in [-0.3, -0.25) is 4.79 Å². The van der Waals surface area contributed by atoms with Crippen LogP contribution in [0.15, 0.2) is 11.6 Å². The molecule has 4 rings (SSSR count). The van der Waals surface area contributed by atoms with E-state index in [1.54, 1.807) is 5.57 Å². The normalized spacial score (nSPS) is 42.7. The number of allylic oxidation sites excluding steroid dienone is 2. The number of hydrogen-bond donors (Lipinski definition) is 1. The Bertz CT molecular complexity index is 678. The zero-order valence-electron chi connectivity index (χ0n) is 20.3. The molecule has 8 atom stereocenters. The molecule has 4 aliphatic rings. The van der Waals surface area contributed by atoms with E-state index in [-0.39, 0.29) is 5.92 Å². The van der Waals surface area contributed by atoms with Gasteiger partial charge in [0.1, 0.15) is 0 Å². The molecule has 0 spiro atoms. The molecule has 0 heterocycles. The number of carbonyl (C=O) groups is 1. The van der Waals surface area contributed by atoms with Gasteiger partial charge in [0.25, 0.3) is 0 Å². The van der Waals surface area contributed by atoms with E-state index < -0.39 is 5.97 Å². The molecule has 0 aromatic rings. The third kappa shape index (κ3) is 3.58. The summed E-state index contributed by atoms with van der Waals surface area (Å²) in [6.45, 7) is 11.9. The summed E-state index contributed by atoms with van der Waals surface area (Å²) in [7, 11) is 0. The van der Waals surface area contributed by atoms with Crippen molar-refractivity contribution in [2.75, 3.05) is 0 Å². The van der Waals surface area contributed by atoms with Gasteiger partial charge < -0.3 is 5.11 Å². The van der Waals surface area contributed by atoms with Crippen LogP contribution in [0.25, 0.3) is 0 Å². The maximum Gasteiger partial charge on any atom is 0.306 e. The SMILES string of the molecule is CC(C)CCC(C(=O)O)[C@@H](C)[C@H]1CC[C@H]2[C@@H]3CC=C4CCCC[C@]4(C)[C@H]3CC[C@]12C. The Balaban J connectivity index is 1.55. The van der Waals surface area contributed by atoms with E-state index in [0.29, 0.717) is 28.6 Å². The summed E-state index contributed by atoms with van der Waals surface area (Å²) < 4.78 is 0. The summed E-state index contributed by atoms with van der Waals surface area (Å²) in [5, 5.41) is 10.0. The second-order valence-electron chi connectivity index (χ2n) is 12.5. The first kappa shape index (κ1) is 22.4. The van der Waals surface area contributed by atoms with Gasteiger partial charge in [-0.1, -0.05) is 59.1 Å².